The van der Waals surface area contributed by atoms with Crippen LogP contribution in [0.15, 0.2) is 18.2 Å². The summed E-state index contributed by atoms with van der Waals surface area (Å²) in [6, 6.07) is 5.23. The Kier molecular flexibility index (Phi) is 5.20. The number of hydrogen-bond acceptors (Lipinski definition) is 3. The van der Waals surface area contributed by atoms with Gasteiger partial charge in [0.15, 0.2) is 11.5 Å². The Labute approximate surface area is 109 Å². The van der Waals surface area contributed by atoms with Crippen LogP contribution in [0.3, 0.4) is 0 Å². The molecule has 1 rings (SSSR count). The molecule has 0 aliphatic heterocycles. The molecule has 0 N–H and O–H groups in total. The highest BCUT2D eigenvalue weighted by Crippen LogP contribution is 2.31. The van der Waals surface area contributed by atoms with Crippen LogP contribution in [0.5, 0.6) is 11.5 Å². The lowest BCUT2D eigenvalue weighted by molar-refractivity contribution is 0.101. The molecule has 0 atom stereocenters. The van der Waals surface area contributed by atoms with E-state index < -0.39 is 0 Å². The summed E-state index contributed by atoms with van der Waals surface area (Å²) in [7, 11) is 1.58. The summed E-state index contributed by atoms with van der Waals surface area (Å²) in [6.45, 7) is 8.54. The van der Waals surface area contributed by atoms with Gasteiger partial charge in [-0.15, -0.1) is 0 Å². The van der Waals surface area contributed by atoms with Crippen molar-refractivity contribution in [1.29, 1.82) is 0 Å². The first-order valence-corrected chi connectivity index (χ1v) is 6.29. The number of carbonyl (C=O) groups is 1. The quantitative estimate of drug-likeness (QED) is 0.724. The average Bonchev–Trinajstić information content (AvgIpc) is 2.34. The molecule has 0 aliphatic rings. The van der Waals surface area contributed by atoms with Crippen LogP contribution in [0, 0.1) is 11.8 Å². The minimum absolute atomic E-state index is 0.126. The van der Waals surface area contributed by atoms with Crippen LogP contribution in [-0.4, -0.2) is 19.5 Å². The second kappa shape index (κ2) is 6.43. The Hall–Kier alpha value is -1.51. The van der Waals surface area contributed by atoms with Crippen molar-refractivity contribution in [3.8, 4) is 11.5 Å². The number of ether oxygens (including phenoxy) is 2. The number of rotatable bonds is 6. The highest BCUT2D eigenvalue weighted by molar-refractivity contribution is 5.76. The van der Waals surface area contributed by atoms with Gasteiger partial charge in [0.2, 0.25) is 0 Å². The predicted molar refractivity (Wildman–Crippen MR) is 72.5 cm³/mol. The monoisotopic (exact) mass is 250 g/mol. The van der Waals surface area contributed by atoms with Crippen molar-refractivity contribution in [2.24, 2.45) is 11.8 Å². The van der Waals surface area contributed by atoms with E-state index in [1.165, 1.54) is 0 Å². The third-order valence-corrected chi connectivity index (χ3v) is 2.90. The number of benzene rings is 1. The molecule has 3 heteroatoms. The third-order valence-electron chi connectivity index (χ3n) is 2.90. The minimum atomic E-state index is 0.126. The lowest BCUT2D eigenvalue weighted by atomic mass is 9.96. The lowest BCUT2D eigenvalue weighted by Gasteiger charge is -2.27. The topological polar surface area (TPSA) is 35.5 Å². The molecular formula is C15H22O3. The van der Waals surface area contributed by atoms with Gasteiger partial charge in [-0.1, -0.05) is 27.7 Å². The molecule has 0 spiro atoms. The zero-order valence-corrected chi connectivity index (χ0v) is 11.8. The molecule has 0 unspecified atom stereocenters. The van der Waals surface area contributed by atoms with E-state index in [9.17, 15) is 4.79 Å². The summed E-state index contributed by atoms with van der Waals surface area (Å²) in [4.78, 5) is 10.7. The van der Waals surface area contributed by atoms with Gasteiger partial charge in [0, 0.05) is 5.56 Å². The fourth-order valence-corrected chi connectivity index (χ4v) is 2.04. The van der Waals surface area contributed by atoms with Crippen molar-refractivity contribution in [1.82, 2.24) is 0 Å². The molecule has 0 fully saturated rings. The van der Waals surface area contributed by atoms with Crippen LogP contribution in [0.1, 0.15) is 38.1 Å². The SMILES string of the molecule is COc1cc(C=O)ccc1OC(C(C)C)C(C)C. The van der Waals surface area contributed by atoms with Gasteiger partial charge in [0.1, 0.15) is 12.4 Å². The average molecular weight is 250 g/mol. The van der Waals surface area contributed by atoms with Gasteiger partial charge in [-0.2, -0.15) is 0 Å². The summed E-state index contributed by atoms with van der Waals surface area (Å²) >= 11 is 0. The fourth-order valence-electron chi connectivity index (χ4n) is 2.04. The Morgan fingerprint density at radius 1 is 1.06 bits per heavy atom. The Morgan fingerprint density at radius 3 is 2.11 bits per heavy atom. The zero-order valence-electron chi connectivity index (χ0n) is 11.8. The van der Waals surface area contributed by atoms with E-state index in [4.69, 9.17) is 9.47 Å². The molecule has 0 heterocycles. The van der Waals surface area contributed by atoms with E-state index in [1.54, 1.807) is 25.3 Å². The Balaban J connectivity index is 2.98. The van der Waals surface area contributed by atoms with Gasteiger partial charge in [-0.3, -0.25) is 4.79 Å². The van der Waals surface area contributed by atoms with E-state index in [1.807, 2.05) is 0 Å². The molecule has 18 heavy (non-hydrogen) atoms. The van der Waals surface area contributed by atoms with Crippen molar-refractivity contribution in [2.75, 3.05) is 7.11 Å². The standard InChI is InChI=1S/C15H22O3/c1-10(2)15(11(3)4)18-13-7-6-12(9-16)8-14(13)17-5/h6-11,15H,1-5H3. The highest BCUT2D eigenvalue weighted by atomic mass is 16.5. The Morgan fingerprint density at radius 2 is 1.67 bits per heavy atom. The van der Waals surface area contributed by atoms with Crippen molar-refractivity contribution in [3.63, 3.8) is 0 Å². The molecule has 0 saturated heterocycles. The van der Waals surface area contributed by atoms with Crippen molar-refractivity contribution < 1.29 is 14.3 Å². The van der Waals surface area contributed by atoms with Gasteiger partial charge < -0.3 is 9.47 Å². The highest BCUT2D eigenvalue weighted by Gasteiger charge is 2.21. The maximum atomic E-state index is 10.7. The molecule has 0 aliphatic carbocycles. The van der Waals surface area contributed by atoms with E-state index in [-0.39, 0.29) is 6.10 Å². The maximum absolute atomic E-state index is 10.7. The van der Waals surface area contributed by atoms with Gasteiger partial charge in [-0.05, 0) is 30.0 Å². The smallest absolute Gasteiger partial charge is 0.161 e. The van der Waals surface area contributed by atoms with Crippen LogP contribution < -0.4 is 9.47 Å². The molecular weight excluding hydrogens is 228 g/mol. The molecule has 1 aromatic rings. The lowest BCUT2D eigenvalue weighted by Crippen LogP contribution is -2.29. The van der Waals surface area contributed by atoms with Crippen LogP contribution in [0.25, 0.3) is 0 Å². The van der Waals surface area contributed by atoms with Crippen molar-refractivity contribution in [3.05, 3.63) is 23.8 Å². The number of aldehydes is 1. The second-order valence-corrected chi connectivity index (χ2v) is 5.10. The molecule has 3 nitrogen and oxygen atoms in total. The zero-order chi connectivity index (χ0) is 13.7. The summed E-state index contributed by atoms with van der Waals surface area (Å²) in [5.74, 6) is 2.13. The van der Waals surface area contributed by atoms with Gasteiger partial charge in [0.25, 0.3) is 0 Å². The molecule has 1 aromatic carbocycles. The summed E-state index contributed by atoms with van der Waals surface area (Å²) in [6.07, 6.45) is 0.926. The Bertz CT molecular complexity index is 389. The number of methoxy groups -OCH3 is 1. The number of carbonyl (C=O) groups excluding carboxylic acids is 1. The van der Waals surface area contributed by atoms with Gasteiger partial charge in [0.05, 0.1) is 7.11 Å². The van der Waals surface area contributed by atoms with Crippen molar-refractivity contribution in [2.45, 2.75) is 33.8 Å². The van der Waals surface area contributed by atoms with E-state index in [2.05, 4.69) is 27.7 Å². The minimum Gasteiger partial charge on any atom is -0.493 e. The van der Waals surface area contributed by atoms with Gasteiger partial charge >= 0.3 is 0 Å². The fraction of sp³-hybridized carbons (Fsp3) is 0.533. The summed E-state index contributed by atoms with van der Waals surface area (Å²) in [5, 5.41) is 0. The maximum Gasteiger partial charge on any atom is 0.161 e. The normalized spacial score (nSPS) is 11.1. The molecule has 0 amide bonds. The molecule has 0 aromatic heterocycles. The van der Waals surface area contributed by atoms with Gasteiger partial charge in [-0.25, -0.2) is 0 Å². The predicted octanol–water partition coefficient (Wildman–Crippen LogP) is 3.57. The first-order valence-electron chi connectivity index (χ1n) is 6.29. The van der Waals surface area contributed by atoms with Crippen LogP contribution in [0.2, 0.25) is 0 Å². The van der Waals surface area contributed by atoms with E-state index >= 15 is 0 Å². The van der Waals surface area contributed by atoms with Crippen molar-refractivity contribution >= 4 is 6.29 Å². The van der Waals surface area contributed by atoms with E-state index in [0.29, 0.717) is 28.9 Å². The molecule has 100 valence electrons. The molecule has 0 saturated carbocycles. The first kappa shape index (κ1) is 14.6. The summed E-state index contributed by atoms with van der Waals surface area (Å²) in [5.41, 5.74) is 0.588. The van der Waals surface area contributed by atoms with Crippen LogP contribution in [0.4, 0.5) is 0 Å². The summed E-state index contributed by atoms with van der Waals surface area (Å²) < 4.78 is 11.3. The largest absolute Gasteiger partial charge is 0.493 e. The third kappa shape index (κ3) is 3.49. The first-order chi connectivity index (χ1) is 8.49. The molecule has 0 bridgehead atoms. The van der Waals surface area contributed by atoms with E-state index in [0.717, 1.165) is 6.29 Å². The molecule has 0 radical (unpaired) electrons. The second-order valence-electron chi connectivity index (χ2n) is 5.10. The van der Waals surface area contributed by atoms with Crippen LogP contribution >= 0.6 is 0 Å². The van der Waals surface area contributed by atoms with Crippen LogP contribution in [-0.2, 0) is 0 Å². The number of hydrogen-bond donors (Lipinski definition) is 0.